The molecule has 0 saturated carbocycles. The normalized spacial score (nSPS) is 12.4. The van der Waals surface area contributed by atoms with Crippen molar-refractivity contribution < 1.29 is 4.74 Å². The largest absolute Gasteiger partial charge is 0.478 e. The summed E-state index contributed by atoms with van der Waals surface area (Å²) in [4.78, 5) is 0. The van der Waals surface area contributed by atoms with E-state index in [0.29, 0.717) is 18.0 Å². The van der Waals surface area contributed by atoms with Gasteiger partial charge in [0.1, 0.15) is 18.3 Å². The fourth-order valence-electron chi connectivity index (χ4n) is 1.65. The Balaban J connectivity index is 3.24. The zero-order chi connectivity index (χ0) is 14.5. The van der Waals surface area contributed by atoms with Gasteiger partial charge in [-0.15, -0.1) is 0 Å². The van der Waals surface area contributed by atoms with Gasteiger partial charge in [-0.25, -0.2) is 0 Å². The van der Waals surface area contributed by atoms with E-state index in [0.717, 1.165) is 11.1 Å². The molecule has 0 aliphatic rings. The molecule has 5 heteroatoms. The Morgan fingerprint density at radius 3 is 2.63 bits per heavy atom. The Kier molecular flexibility index (Phi) is 5.26. The molecule has 1 aromatic carbocycles. The summed E-state index contributed by atoms with van der Waals surface area (Å²) < 4.78 is 5.64. The summed E-state index contributed by atoms with van der Waals surface area (Å²) in [5.74, 6) is -0.708. The number of rotatable bonds is 6. The Labute approximate surface area is 114 Å². The van der Waals surface area contributed by atoms with Gasteiger partial charge in [-0.1, -0.05) is 30.9 Å². The maximum Gasteiger partial charge on any atom is 0.143 e. The third-order valence-electron chi connectivity index (χ3n) is 2.65. The fourth-order valence-corrected chi connectivity index (χ4v) is 1.65. The van der Waals surface area contributed by atoms with E-state index in [2.05, 4.69) is 11.9 Å². The summed E-state index contributed by atoms with van der Waals surface area (Å²) in [7, 11) is 1.80. The molecular weight excluding hydrogens is 240 g/mol. The lowest BCUT2D eigenvalue weighted by Gasteiger charge is -2.21. The van der Waals surface area contributed by atoms with Crippen molar-refractivity contribution in [3.8, 4) is 5.75 Å². The predicted molar refractivity (Wildman–Crippen MR) is 79.1 cm³/mol. The highest BCUT2D eigenvalue weighted by atomic mass is 16.5. The van der Waals surface area contributed by atoms with E-state index in [-0.39, 0.29) is 0 Å². The van der Waals surface area contributed by atoms with Crippen LogP contribution in [0.5, 0.6) is 5.75 Å². The summed E-state index contributed by atoms with van der Waals surface area (Å²) in [6, 6.07) is 5.44. The maximum absolute atomic E-state index is 5.69. The van der Waals surface area contributed by atoms with Crippen molar-refractivity contribution >= 4 is 5.57 Å². The molecule has 0 atom stereocenters. The third kappa shape index (κ3) is 4.18. The molecule has 19 heavy (non-hydrogen) atoms. The number of allylic oxidation sites excluding steroid dienone is 3. The van der Waals surface area contributed by atoms with Crippen LogP contribution in [0.15, 0.2) is 36.9 Å². The summed E-state index contributed by atoms with van der Waals surface area (Å²) in [5, 5.41) is 2.92. The highest BCUT2D eigenvalue weighted by Crippen LogP contribution is 2.28. The number of hydrogen-bond donors (Lipinski definition) is 4. The second-order valence-electron chi connectivity index (χ2n) is 4.37. The predicted octanol–water partition coefficient (Wildman–Crippen LogP) is 0.818. The lowest BCUT2D eigenvalue weighted by atomic mass is 10.0. The number of hydrogen-bond acceptors (Lipinski definition) is 5. The van der Waals surface area contributed by atoms with Gasteiger partial charge in [0, 0.05) is 11.1 Å². The molecule has 0 bridgehead atoms. The minimum atomic E-state index is -1.38. The molecule has 0 unspecified atom stereocenters. The minimum absolute atomic E-state index is 0.380. The van der Waals surface area contributed by atoms with Gasteiger partial charge in [0.25, 0.3) is 0 Å². The van der Waals surface area contributed by atoms with Crippen molar-refractivity contribution in [2.24, 2.45) is 17.2 Å². The molecule has 0 amide bonds. The molecule has 0 spiro atoms. The van der Waals surface area contributed by atoms with E-state index >= 15 is 0 Å². The first-order valence-corrected chi connectivity index (χ1v) is 5.98. The number of nitrogens with one attached hydrogen (secondary N) is 1. The molecular formula is C14H22N4O. The van der Waals surface area contributed by atoms with Gasteiger partial charge < -0.3 is 4.74 Å². The molecule has 104 valence electrons. The summed E-state index contributed by atoms with van der Waals surface area (Å²) >= 11 is 0. The topological polar surface area (TPSA) is 99.3 Å². The zero-order valence-electron chi connectivity index (χ0n) is 11.4. The number of ether oxygens (including phenoxy) is 1. The van der Waals surface area contributed by atoms with Crippen LogP contribution in [0.4, 0.5) is 0 Å². The summed E-state index contributed by atoms with van der Waals surface area (Å²) in [6.45, 7) is 6.04. The van der Waals surface area contributed by atoms with Crippen LogP contribution in [-0.2, 0) is 5.79 Å². The highest BCUT2D eigenvalue weighted by molar-refractivity contribution is 5.70. The number of nitrogens with two attached hydrogens (primary N) is 3. The van der Waals surface area contributed by atoms with E-state index in [1.807, 2.05) is 19.1 Å². The quantitative estimate of drug-likeness (QED) is 0.449. The Bertz CT molecular complexity index is 475. The van der Waals surface area contributed by atoms with Gasteiger partial charge in [-0.2, -0.15) is 0 Å². The van der Waals surface area contributed by atoms with Gasteiger partial charge in [-0.05, 0) is 25.6 Å². The van der Waals surface area contributed by atoms with Crippen LogP contribution in [0, 0.1) is 0 Å². The molecule has 7 N–H and O–H groups in total. The Morgan fingerprint density at radius 1 is 1.42 bits per heavy atom. The third-order valence-corrected chi connectivity index (χ3v) is 2.65. The van der Waals surface area contributed by atoms with Crippen LogP contribution < -0.4 is 27.3 Å². The van der Waals surface area contributed by atoms with Crippen molar-refractivity contribution in [3.63, 3.8) is 0 Å². The second kappa shape index (κ2) is 6.49. The van der Waals surface area contributed by atoms with Crippen molar-refractivity contribution in [1.29, 1.82) is 0 Å². The Hall–Kier alpha value is -1.66. The summed E-state index contributed by atoms with van der Waals surface area (Å²) in [6.07, 6.45) is 3.63. The smallest absolute Gasteiger partial charge is 0.143 e. The van der Waals surface area contributed by atoms with Gasteiger partial charge >= 0.3 is 0 Å². The molecule has 0 aliphatic heterocycles. The molecule has 0 radical (unpaired) electrons. The van der Waals surface area contributed by atoms with Crippen molar-refractivity contribution in [2.45, 2.75) is 12.7 Å². The average Bonchev–Trinajstić information content (AvgIpc) is 2.35. The van der Waals surface area contributed by atoms with E-state index in [1.54, 1.807) is 25.3 Å². The molecule has 0 fully saturated rings. The van der Waals surface area contributed by atoms with Crippen molar-refractivity contribution in [3.05, 3.63) is 48.1 Å². The standard InChI is InChI=1S/C14H22N4O/c1-4-5-10(2)12-7-6-11(14(15,16)17)8-13(12)19-9-18-3/h4-8,18H,1,9,15-17H2,2-3H3/b10-5-. The van der Waals surface area contributed by atoms with E-state index in [4.69, 9.17) is 21.9 Å². The first-order chi connectivity index (χ1) is 8.90. The van der Waals surface area contributed by atoms with Gasteiger partial charge in [0.05, 0.1) is 0 Å². The Morgan fingerprint density at radius 2 is 2.11 bits per heavy atom. The molecule has 1 rings (SSSR count). The first kappa shape index (κ1) is 15.4. The van der Waals surface area contributed by atoms with Crippen LogP contribution in [0.1, 0.15) is 18.1 Å². The average molecular weight is 262 g/mol. The SMILES string of the molecule is C=C/C=C(/C)c1ccc(C(N)(N)N)cc1OCNC. The second-order valence-corrected chi connectivity index (χ2v) is 4.37. The number of benzene rings is 1. The first-order valence-electron chi connectivity index (χ1n) is 5.98. The van der Waals surface area contributed by atoms with Crippen LogP contribution in [0.25, 0.3) is 5.57 Å². The van der Waals surface area contributed by atoms with Gasteiger partial charge in [-0.3, -0.25) is 22.5 Å². The monoisotopic (exact) mass is 262 g/mol. The molecule has 0 heterocycles. The molecule has 0 saturated heterocycles. The fraction of sp³-hybridized carbons (Fsp3) is 0.286. The maximum atomic E-state index is 5.69. The van der Waals surface area contributed by atoms with Crippen LogP contribution in [-0.4, -0.2) is 13.8 Å². The van der Waals surface area contributed by atoms with Gasteiger partial charge in [0.15, 0.2) is 0 Å². The van der Waals surface area contributed by atoms with Gasteiger partial charge in [0.2, 0.25) is 0 Å². The highest BCUT2D eigenvalue weighted by Gasteiger charge is 2.18. The lowest BCUT2D eigenvalue weighted by molar-refractivity contribution is 0.294. The van der Waals surface area contributed by atoms with E-state index in [1.165, 1.54) is 0 Å². The van der Waals surface area contributed by atoms with E-state index in [9.17, 15) is 0 Å². The van der Waals surface area contributed by atoms with Crippen LogP contribution in [0.2, 0.25) is 0 Å². The zero-order valence-corrected chi connectivity index (χ0v) is 11.4. The molecule has 5 nitrogen and oxygen atoms in total. The van der Waals surface area contributed by atoms with Crippen molar-refractivity contribution in [2.75, 3.05) is 13.8 Å². The molecule has 1 aromatic rings. The molecule has 0 aliphatic carbocycles. The van der Waals surface area contributed by atoms with E-state index < -0.39 is 5.79 Å². The summed E-state index contributed by atoms with van der Waals surface area (Å²) in [5.41, 5.74) is 19.7. The van der Waals surface area contributed by atoms with Crippen LogP contribution >= 0.6 is 0 Å². The minimum Gasteiger partial charge on any atom is -0.478 e. The molecule has 0 aromatic heterocycles. The van der Waals surface area contributed by atoms with Crippen LogP contribution in [0.3, 0.4) is 0 Å². The lowest BCUT2D eigenvalue weighted by Crippen LogP contribution is -2.54. The van der Waals surface area contributed by atoms with Crippen molar-refractivity contribution in [1.82, 2.24) is 5.32 Å².